The van der Waals surface area contributed by atoms with Gasteiger partial charge in [-0.05, 0) is 61.2 Å². The van der Waals surface area contributed by atoms with Gasteiger partial charge in [-0.15, -0.1) is 0 Å². The molecule has 4 aliphatic heterocycles. The summed E-state index contributed by atoms with van der Waals surface area (Å²) in [6.45, 7) is 2.57. The highest BCUT2D eigenvalue weighted by molar-refractivity contribution is 6.33. The average molecular weight is 672 g/mol. The average Bonchev–Trinajstić information content (AvgIpc) is 3.29. The van der Waals surface area contributed by atoms with Crippen molar-refractivity contribution in [2.75, 3.05) is 38.5 Å². The Bertz CT molecular complexity index is 1920. The first-order valence-electron chi connectivity index (χ1n) is 15.9. The minimum Gasteiger partial charge on any atom is -0.378 e. The Hall–Kier alpha value is -4.88. The molecule has 3 atom stereocenters. The van der Waals surface area contributed by atoms with E-state index in [0.717, 1.165) is 35.5 Å². The summed E-state index contributed by atoms with van der Waals surface area (Å²) in [5, 5.41) is 9.79. The second-order valence-corrected chi connectivity index (χ2v) is 13.5. The second kappa shape index (κ2) is 12.3. The molecule has 0 saturated carbocycles. The van der Waals surface area contributed by atoms with Gasteiger partial charge in [0.25, 0.3) is 23.3 Å². The molecule has 5 amide bonds. The molecule has 2 aromatic carbocycles. The van der Waals surface area contributed by atoms with Crippen molar-refractivity contribution in [2.24, 2.45) is 7.05 Å². The largest absolute Gasteiger partial charge is 0.378 e. The molecule has 13 nitrogen and oxygen atoms in total. The number of hydrogen-bond acceptors (Lipinski definition) is 9. The number of piperidine rings is 2. The number of nitrogens with one attached hydrogen (secondary N) is 2. The van der Waals surface area contributed by atoms with Gasteiger partial charge >= 0.3 is 0 Å². The number of carbonyl (C=O) groups is 5. The Kier molecular flexibility index (Phi) is 8.12. The molecule has 248 valence electrons. The number of aromatic nitrogens is 2. The minimum absolute atomic E-state index is 0.00167. The number of imide groups is 2. The van der Waals surface area contributed by atoms with E-state index in [-0.39, 0.29) is 58.3 Å². The summed E-state index contributed by atoms with van der Waals surface area (Å²) >= 11 is 6.28. The van der Waals surface area contributed by atoms with Gasteiger partial charge in [0.1, 0.15) is 11.1 Å². The van der Waals surface area contributed by atoms with E-state index < -0.39 is 29.7 Å². The summed E-state index contributed by atoms with van der Waals surface area (Å²) in [5.74, 6) is -2.02. The number of likely N-dealkylation sites (N-methyl/N-ethyl adjacent to an activating group) is 1. The molecular weight excluding hydrogens is 638 g/mol. The number of halogens is 1. The van der Waals surface area contributed by atoms with E-state index in [4.69, 9.17) is 11.6 Å². The van der Waals surface area contributed by atoms with E-state index in [1.807, 2.05) is 31.3 Å². The summed E-state index contributed by atoms with van der Waals surface area (Å²) < 4.78 is 1.20. The molecule has 3 aromatic rings. The van der Waals surface area contributed by atoms with Crippen LogP contribution in [0.2, 0.25) is 5.02 Å². The van der Waals surface area contributed by atoms with Crippen molar-refractivity contribution in [1.82, 2.24) is 29.8 Å². The van der Waals surface area contributed by atoms with Crippen LogP contribution in [0, 0.1) is 0 Å². The molecule has 3 unspecified atom stereocenters. The van der Waals surface area contributed by atoms with E-state index in [1.165, 1.54) is 4.68 Å². The molecule has 7 rings (SSSR count). The third kappa shape index (κ3) is 5.66. The number of rotatable bonds is 6. The van der Waals surface area contributed by atoms with Gasteiger partial charge in [-0.25, -0.2) is 4.68 Å². The summed E-state index contributed by atoms with van der Waals surface area (Å²) in [5.41, 5.74) is 3.18. The van der Waals surface area contributed by atoms with Crippen molar-refractivity contribution in [3.8, 4) is 0 Å². The van der Waals surface area contributed by atoms with Gasteiger partial charge in [-0.1, -0.05) is 29.8 Å². The standard InChI is InChI=1S/C34H34ClN7O6/c1-39-14-21(11-23(17-39)37-26-13-36-40(2)34(48)29(26)35)18-3-5-19(6-4-18)31(45)41-15-22(16-41)20-7-8-24-25(12-20)33(47)42(32(24)46)27-9-10-28(43)38-30(27)44/h3-8,12-13,21-23,27,37H,9-11,14-17H2,1-2H3,(H,38,43,44). The first-order chi connectivity index (χ1) is 23.0. The van der Waals surface area contributed by atoms with Gasteiger partial charge in [-0.2, -0.15) is 5.10 Å². The lowest BCUT2D eigenvalue weighted by Gasteiger charge is -2.40. The lowest BCUT2D eigenvalue weighted by Crippen LogP contribution is -2.54. The lowest BCUT2D eigenvalue weighted by molar-refractivity contribution is -0.136. The lowest BCUT2D eigenvalue weighted by atomic mass is 9.87. The summed E-state index contributed by atoms with van der Waals surface area (Å²) in [6.07, 6.45) is 2.55. The third-order valence-corrected chi connectivity index (χ3v) is 10.2. The maximum Gasteiger partial charge on any atom is 0.287 e. The quantitative estimate of drug-likeness (QED) is 0.375. The van der Waals surface area contributed by atoms with E-state index in [9.17, 15) is 28.8 Å². The molecule has 5 heterocycles. The number of benzene rings is 2. The Morgan fingerprint density at radius 2 is 1.60 bits per heavy atom. The smallest absolute Gasteiger partial charge is 0.287 e. The molecular formula is C34H34ClN7O6. The van der Waals surface area contributed by atoms with E-state index in [0.29, 0.717) is 24.3 Å². The number of carbonyl (C=O) groups excluding carboxylic acids is 5. The molecule has 48 heavy (non-hydrogen) atoms. The fourth-order valence-electron chi connectivity index (χ4n) is 7.18. The molecule has 0 radical (unpaired) electrons. The van der Waals surface area contributed by atoms with E-state index in [1.54, 1.807) is 36.3 Å². The van der Waals surface area contributed by atoms with Crippen LogP contribution in [0.1, 0.15) is 73.3 Å². The van der Waals surface area contributed by atoms with E-state index in [2.05, 4.69) is 20.6 Å². The maximum atomic E-state index is 13.3. The predicted octanol–water partition coefficient (Wildman–Crippen LogP) is 1.97. The Morgan fingerprint density at radius 1 is 0.896 bits per heavy atom. The van der Waals surface area contributed by atoms with Crippen LogP contribution in [-0.4, -0.2) is 99.3 Å². The van der Waals surface area contributed by atoms with Crippen molar-refractivity contribution < 1.29 is 24.0 Å². The highest BCUT2D eigenvalue weighted by Gasteiger charge is 2.45. The molecule has 3 fully saturated rings. The van der Waals surface area contributed by atoms with Gasteiger partial charge < -0.3 is 15.1 Å². The second-order valence-electron chi connectivity index (χ2n) is 13.1. The number of aryl methyl sites for hydroxylation is 1. The zero-order valence-corrected chi connectivity index (χ0v) is 27.2. The van der Waals surface area contributed by atoms with Crippen LogP contribution in [0.15, 0.2) is 53.5 Å². The Morgan fingerprint density at radius 3 is 2.33 bits per heavy atom. The Labute approximate surface area is 280 Å². The first-order valence-corrected chi connectivity index (χ1v) is 16.3. The van der Waals surface area contributed by atoms with Crippen LogP contribution < -0.4 is 16.2 Å². The monoisotopic (exact) mass is 671 g/mol. The zero-order chi connectivity index (χ0) is 33.9. The minimum atomic E-state index is -1.01. The number of hydrogen-bond donors (Lipinski definition) is 2. The molecule has 2 N–H and O–H groups in total. The van der Waals surface area contributed by atoms with Gasteiger partial charge in [0.05, 0.1) is 23.0 Å². The SMILES string of the molecule is CN1CC(Nc2cnn(C)c(=O)c2Cl)CC(c2ccc(C(=O)N3CC(c4ccc5c(c4)C(=O)N(C4CCC(=O)NC4=O)C5=O)C3)cc2)C1. The number of amides is 5. The van der Waals surface area contributed by atoms with Gasteiger partial charge in [0, 0.05) is 57.2 Å². The molecule has 0 bridgehead atoms. The van der Waals surface area contributed by atoms with Crippen LogP contribution in [0.5, 0.6) is 0 Å². The molecule has 14 heteroatoms. The number of anilines is 1. The maximum absolute atomic E-state index is 13.3. The van der Waals surface area contributed by atoms with Crippen LogP contribution in [0.3, 0.4) is 0 Å². The predicted molar refractivity (Wildman–Crippen MR) is 175 cm³/mol. The normalized spacial score (nSPS) is 23.2. The van der Waals surface area contributed by atoms with Gasteiger partial charge in [-0.3, -0.25) is 39.0 Å². The van der Waals surface area contributed by atoms with Crippen molar-refractivity contribution in [3.63, 3.8) is 0 Å². The number of fused-ring (bicyclic) bond motifs is 1. The van der Waals surface area contributed by atoms with Crippen LogP contribution in [0.4, 0.5) is 5.69 Å². The fourth-order valence-corrected chi connectivity index (χ4v) is 7.40. The summed E-state index contributed by atoms with van der Waals surface area (Å²) in [6, 6.07) is 11.8. The van der Waals surface area contributed by atoms with E-state index >= 15 is 0 Å². The summed E-state index contributed by atoms with van der Waals surface area (Å²) in [4.78, 5) is 80.6. The van der Waals surface area contributed by atoms with Crippen molar-refractivity contribution in [3.05, 3.63) is 91.9 Å². The van der Waals surface area contributed by atoms with Crippen molar-refractivity contribution in [1.29, 1.82) is 0 Å². The van der Waals surface area contributed by atoms with Crippen LogP contribution in [0.25, 0.3) is 0 Å². The first kappa shape index (κ1) is 31.7. The fraction of sp³-hybridized carbons (Fsp3) is 0.382. The molecule has 3 saturated heterocycles. The molecule has 0 spiro atoms. The topological polar surface area (TPSA) is 154 Å². The van der Waals surface area contributed by atoms with Gasteiger partial charge in [0.15, 0.2) is 0 Å². The van der Waals surface area contributed by atoms with Crippen molar-refractivity contribution in [2.45, 2.75) is 43.2 Å². The Balaban J connectivity index is 0.970. The third-order valence-electron chi connectivity index (χ3n) is 9.80. The molecule has 1 aromatic heterocycles. The highest BCUT2D eigenvalue weighted by Crippen LogP contribution is 2.34. The summed E-state index contributed by atoms with van der Waals surface area (Å²) in [7, 11) is 3.60. The van der Waals surface area contributed by atoms with Gasteiger partial charge in [0.2, 0.25) is 11.8 Å². The zero-order valence-electron chi connectivity index (χ0n) is 26.4. The molecule has 4 aliphatic rings. The highest BCUT2D eigenvalue weighted by atomic mass is 35.5. The van der Waals surface area contributed by atoms with Crippen LogP contribution in [-0.2, 0) is 16.6 Å². The van der Waals surface area contributed by atoms with Crippen LogP contribution >= 0.6 is 11.6 Å². The molecule has 0 aliphatic carbocycles. The number of likely N-dealkylation sites (tertiary alicyclic amines) is 2. The van der Waals surface area contributed by atoms with Crippen molar-refractivity contribution >= 4 is 46.8 Å². The number of nitrogens with zero attached hydrogens (tertiary/aromatic N) is 5.